The number of non-ortho nitro benzene ring substituents is 1. The summed E-state index contributed by atoms with van der Waals surface area (Å²) in [7, 11) is 0. The Morgan fingerprint density at radius 3 is 2.21 bits per heavy atom. The van der Waals surface area contributed by atoms with Crippen LogP contribution in [0.3, 0.4) is 0 Å². The first-order valence-corrected chi connectivity index (χ1v) is 8.66. The highest BCUT2D eigenvalue weighted by atomic mass is 16.6. The molecule has 0 aliphatic rings. The number of nitrogens with zero attached hydrogens (tertiary/aromatic N) is 1. The van der Waals surface area contributed by atoms with Crippen LogP contribution in [0.4, 0.5) is 5.69 Å². The van der Waals surface area contributed by atoms with Crippen molar-refractivity contribution in [1.29, 1.82) is 0 Å². The fourth-order valence-electron chi connectivity index (χ4n) is 2.37. The summed E-state index contributed by atoms with van der Waals surface area (Å²) in [6.07, 6.45) is 0.0209. The van der Waals surface area contributed by atoms with Crippen molar-refractivity contribution in [2.75, 3.05) is 13.2 Å². The molecule has 0 bridgehead atoms. The molecule has 0 heterocycles. The standard InChI is InChI=1S/C19H21N3O6/c1-3-27-16-10-5-13(11-17(16)28-4-2)12-18(23)20-21-19(24)14-6-8-15(9-7-14)22(25)26/h5-11H,3-4,12H2,1-2H3,(H,20,23)(H,21,24). The van der Waals surface area contributed by atoms with Crippen LogP contribution in [0.15, 0.2) is 42.5 Å². The van der Waals surface area contributed by atoms with Gasteiger partial charge in [0.1, 0.15) is 0 Å². The molecule has 0 radical (unpaired) electrons. The Kier molecular flexibility index (Phi) is 7.32. The molecular formula is C19H21N3O6. The highest BCUT2D eigenvalue weighted by molar-refractivity contribution is 5.95. The first-order valence-electron chi connectivity index (χ1n) is 8.66. The van der Waals surface area contributed by atoms with Crippen LogP contribution in [-0.4, -0.2) is 30.0 Å². The van der Waals surface area contributed by atoms with Crippen LogP contribution in [0.1, 0.15) is 29.8 Å². The number of carbonyl (C=O) groups is 2. The molecule has 28 heavy (non-hydrogen) atoms. The number of hydrazine groups is 1. The number of amides is 2. The van der Waals surface area contributed by atoms with Crippen molar-refractivity contribution in [2.24, 2.45) is 0 Å². The van der Waals surface area contributed by atoms with Gasteiger partial charge in [-0.05, 0) is 43.7 Å². The topological polar surface area (TPSA) is 120 Å². The van der Waals surface area contributed by atoms with E-state index in [1.54, 1.807) is 18.2 Å². The van der Waals surface area contributed by atoms with E-state index in [0.717, 1.165) is 0 Å². The number of benzene rings is 2. The summed E-state index contributed by atoms with van der Waals surface area (Å²) in [5.41, 5.74) is 5.34. The molecule has 0 aliphatic carbocycles. The zero-order chi connectivity index (χ0) is 20.5. The molecular weight excluding hydrogens is 366 g/mol. The Balaban J connectivity index is 1.93. The highest BCUT2D eigenvalue weighted by Crippen LogP contribution is 2.28. The molecule has 148 valence electrons. The van der Waals surface area contributed by atoms with E-state index in [-0.39, 0.29) is 17.7 Å². The van der Waals surface area contributed by atoms with Gasteiger partial charge in [-0.25, -0.2) is 0 Å². The maximum atomic E-state index is 12.1. The lowest BCUT2D eigenvalue weighted by molar-refractivity contribution is -0.384. The first-order chi connectivity index (χ1) is 13.4. The second kappa shape index (κ2) is 9.91. The van der Waals surface area contributed by atoms with Crippen LogP contribution in [0.2, 0.25) is 0 Å². The summed E-state index contributed by atoms with van der Waals surface area (Å²) in [6.45, 7) is 4.67. The second-order valence-corrected chi connectivity index (χ2v) is 5.63. The van der Waals surface area contributed by atoms with Crippen molar-refractivity contribution in [3.05, 3.63) is 63.7 Å². The molecule has 2 rings (SSSR count). The number of carbonyl (C=O) groups excluding carboxylic acids is 2. The van der Waals surface area contributed by atoms with Crippen molar-refractivity contribution in [1.82, 2.24) is 10.9 Å². The van der Waals surface area contributed by atoms with Gasteiger partial charge in [0.2, 0.25) is 5.91 Å². The van der Waals surface area contributed by atoms with Gasteiger partial charge in [0.15, 0.2) is 11.5 Å². The van der Waals surface area contributed by atoms with Gasteiger partial charge in [-0.3, -0.25) is 30.6 Å². The van der Waals surface area contributed by atoms with Gasteiger partial charge in [0, 0.05) is 17.7 Å². The van der Waals surface area contributed by atoms with E-state index >= 15 is 0 Å². The highest BCUT2D eigenvalue weighted by Gasteiger charge is 2.12. The van der Waals surface area contributed by atoms with Crippen molar-refractivity contribution in [3.8, 4) is 11.5 Å². The molecule has 2 aromatic rings. The Bertz CT molecular complexity index is 851. The molecule has 2 N–H and O–H groups in total. The molecule has 0 unspecified atom stereocenters. The van der Waals surface area contributed by atoms with Crippen molar-refractivity contribution in [3.63, 3.8) is 0 Å². The molecule has 0 fully saturated rings. The van der Waals surface area contributed by atoms with Crippen LogP contribution in [0.5, 0.6) is 11.5 Å². The number of hydrogen-bond donors (Lipinski definition) is 2. The van der Waals surface area contributed by atoms with Crippen LogP contribution < -0.4 is 20.3 Å². The zero-order valence-corrected chi connectivity index (χ0v) is 15.6. The van der Waals surface area contributed by atoms with Gasteiger partial charge in [0.25, 0.3) is 11.6 Å². The van der Waals surface area contributed by atoms with Gasteiger partial charge in [-0.15, -0.1) is 0 Å². The fourth-order valence-corrected chi connectivity index (χ4v) is 2.37. The Labute approximate surface area is 161 Å². The fraction of sp³-hybridized carbons (Fsp3) is 0.263. The lowest BCUT2D eigenvalue weighted by atomic mass is 10.1. The van der Waals surface area contributed by atoms with Crippen molar-refractivity contribution >= 4 is 17.5 Å². The molecule has 0 atom stereocenters. The third kappa shape index (κ3) is 5.70. The predicted octanol–water partition coefficient (Wildman–Crippen LogP) is 2.40. The van der Waals surface area contributed by atoms with Crippen molar-refractivity contribution < 1.29 is 24.0 Å². The number of rotatable bonds is 8. The molecule has 0 saturated carbocycles. The van der Waals surface area contributed by atoms with E-state index in [4.69, 9.17) is 9.47 Å². The van der Waals surface area contributed by atoms with Gasteiger partial charge < -0.3 is 9.47 Å². The summed E-state index contributed by atoms with van der Waals surface area (Å²) < 4.78 is 11.0. The van der Waals surface area contributed by atoms with Crippen LogP contribution >= 0.6 is 0 Å². The quantitative estimate of drug-likeness (QED) is 0.530. The van der Waals surface area contributed by atoms with Crippen LogP contribution in [0, 0.1) is 10.1 Å². The van der Waals surface area contributed by atoms with E-state index in [1.807, 2.05) is 13.8 Å². The largest absolute Gasteiger partial charge is 0.490 e. The number of nitro benzene ring substituents is 1. The summed E-state index contributed by atoms with van der Waals surface area (Å²) in [5.74, 6) is 0.136. The minimum absolute atomic E-state index is 0.0209. The number of hydrogen-bond acceptors (Lipinski definition) is 6. The maximum Gasteiger partial charge on any atom is 0.269 e. The molecule has 9 nitrogen and oxygen atoms in total. The Morgan fingerprint density at radius 1 is 0.964 bits per heavy atom. The molecule has 0 saturated heterocycles. The number of ether oxygens (including phenoxy) is 2. The molecule has 2 amide bonds. The van der Waals surface area contributed by atoms with E-state index in [0.29, 0.717) is 30.3 Å². The van der Waals surface area contributed by atoms with Gasteiger partial charge in [-0.1, -0.05) is 6.07 Å². The van der Waals surface area contributed by atoms with Gasteiger partial charge >= 0.3 is 0 Å². The third-order valence-electron chi connectivity index (χ3n) is 3.63. The third-order valence-corrected chi connectivity index (χ3v) is 3.63. The zero-order valence-electron chi connectivity index (χ0n) is 15.6. The second-order valence-electron chi connectivity index (χ2n) is 5.63. The summed E-state index contributed by atoms with van der Waals surface area (Å²) >= 11 is 0. The predicted molar refractivity (Wildman–Crippen MR) is 101 cm³/mol. The first kappa shape index (κ1) is 20.7. The average Bonchev–Trinajstić information content (AvgIpc) is 2.68. The molecule has 0 aliphatic heterocycles. The lowest BCUT2D eigenvalue weighted by Crippen LogP contribution is -2.42. The smallest absolute Gasteiger partial charge is 0.269 e. The van der Waals surface area contributed by atoms with E-state index in [1.165, 1.54) is 24.3 Å². The van der Waals surface area contributed by atoms with Crippen molar-refractivity contribution in [2.45, 2.75) is 20.3 Å². The molecule has 9 heteroatoms. The minimum Gasteiger partial charge on any atom is -0.490 e. The van der Waals surface area contributed by atoms with E-state index in [2.05, 4.69) is 10.9 Å². The Hall–Kier alpha value is -3.62. The average molecular weight is 387 g/mol. The molecule has 2 aromatic carbocycles. The van der Waals surface area contributed by atoms with Gasteiger partial charge in [0.05, 0.1) is 24.6 Å². The van der Waals surface area contributed by atoms with Gasteiger partial charge in [-0.2, -0.15) is 0 Å². The van der Waals surface area contributed by atoms with Crippen LogP contribution in [-0.2, 0) is 11.2 Å². The SMILES string of the molecule is CCOc1ccc(CC(=O)NNC(=O)c2ccc([N+](=O)[O-])cc2)cc1OCC. The number of nitrogens with one attached hydrogen (secondary N) is 2. The molecule has 0 aromatic heterocycles. The normalized spacial score (nSPS) is 10.1. The maximum absolute atomic E-state index is 12.1. The summed E-state index contributed by atoms with van der Waals surface area (Å²) in [6, 6.07) is 10.2. The Morgan fingerprint density at radius 2 is 1.61 bits per heavy atom. The summed E-state index contributed by atoms with van der Waals surface area (Å²) in [4.78, 5) is 34.2. The number of nitro groups is 1. The van der Waals surface area contributed by atoms with Crippen LogP contribution in [0.25, 0.3) is 0 Å². The minimum atomic E-state index is -0.579. The lowest BCUT2D eigenvalue weighted by Gasteiger charge is -2.12. The van der Waals surface area contributed by atoms with E-state index in [9.17, 15) is 19.7 Å². The molecule has 0 spiro atoms. The summed E-state index contributed by atoms with van der Waals surface area (Å²) in [5, 5.41) is 10.6. The van der Waals surface area contributed by atoms with E-state index < -0.39 is 16.7 Å². The monoisotopic (exact) mass is 387 g/mol.